The lowest BCUT2D eigenvalue weighted by molar-refractivity contribution is 0.0962. The van der Waals surface area contributed by atoms with Gasteiger partial charge in [-0.3, -0.25) is 14.9 Å². The highest BCUT2D eigenvalue weighted by atomic mass is 16.5. The first-order chi connectivity index (χ1) is 15.9. The van der Waals surface area contributed by atoms with Crippen LogP contribution in [0, 0.1) is 6.92 Å². The molecule has 0 spiro atoms. The van der Waals surface area contributed by atoms with Crippen LogP contribution in [0.4, 0.5) is 5.95 Å². The highest BCUT2D eigenvalue weighted by Crippen LogP contribution is 2.38. The van der Waals surface area contributed by atoms with Crippen LogP contribution in [0.25, 0.3) is 0 Å². The molecule has 1 unspecified atom stereocenters. The van der Waals surface area contributed by atoms with Gasteiger partial charge in [-0.1, -0.05) is 29.8 Å². The normalized spacial score (nSPS) is 14.9. The highest BCUT2D eigenvalue weighted by Gasteiger charge is 2.28. The molecule has 0 saturated carbocycles. The Labute approximate surface area is 191 Å². The first kappa shape index (κ1) is 22.3. The summed E-state index contributed by atoms with van der Waals surface area (Å²) in [5, 5.41) is 2.70. The largest absolute Gasteiger partial charge is 0.493 e. The molecule has 0 fully saturated rings. The van der Waals surface area contributed by atoms with Gasteiger partial charge in [0, 0.05) is 18.2 Å². The predicted molar refractivity (Wildman–Crippen MR) is 123 cm³/mol. The van der Waals surface area contributed by atoms with Crippen molar-refractivity contribution in [2.24, 2.45) is 0 Å². The predicted octanol–water partition coefficient (Wildman–Crippen LogP) is 3.98. The standard InChI is InChI=1S/C25H25N3O5/c1-14-5-7-15(8-6-14)16-9-19-18(20(29)10-16)13-26-25(27-19)28-24(30)17-11-21(31-2)23(33-4)22(12-17)32-3/h5-8,11-13,16H,9-10H2,1-4H3,(H,26,27,28,30). The van der Waals surface area contributed by atoms with Gasteiger partial charge in [0.15, 0.2) is 17.3 Å². The minimum Gasteiger partial charge on any atom is -0.493 e. The van der Waals surface area contributed by atoms with Crippen molar-refractivity contribution in [1.82, 2.24) is 9.97 Å². The van der Waals surface area contributed by atoms with E-state index in [0.717, 1.165) is 5.56 Å². The fourth-order valence-corrected chi connectivity index (χ4v) is 3.97. The molecular weight excluding hydrogens is 422 g/mol. The smallest absolute Gasteiger partial charge is 0.258 e. The third-order valence-corrected chi connectivity index (χ3v) is 5.74. The summed E-state index contributed by atoms with van der Waals surface area (Å²) in [5.74, 6) is 0.849. The van der Waals surface area contributed by atoms with Crippen molar-refractivity contribution in [1.29, 1.82) is 0 Å². The van der Waals surface area contributed by atoms with Gasteiger partial charge >= 0.3 is 0 Å². The van der Waals surface area contributed by atoms with Crippen LogP contribution in [0.5, 0.6) is 17.2 Å². The Morgan fingerprint density at radius 2 is 1.67 bits per heavy atom. The summed E-state index contributed by atoms with van der Waals surface area (Å²) in [6.07, 6.45) is 2.50. The summed E-state index contributed by atoms with van der Waals surface area (Å²) in [4.78, 5) is 34.3. The molecule has 8 nitrogen and oxygen atoms in total. The molecule has 3 aromatic rings. The van der Waals surface area contributed by atoms with Crippen LogP contribution in [-0.2, 0) is 6.42 Å². The molecule has 1 N–H and O–H groups in total. The number of carbonyl (C=O) groups excluding carboxylic acids is 2. The molecule has 0 radical (unpaired) electrons. The zero-order chi connectivity index (χ0) is 23.5. The van der Waals surface area contributed by atoms with Gasteiger partial charge in [-0.25, -0.2) is 9.97 Å². The number of nitrogens with one attached hydrogen (secondary N) is 1. The fraction of sp³-hybridized carbons (Fsp3) is 0.280. The molecular formula is C25H25N3O5. The molecule has 1 aromatic heterocycles. The van der Waals surface area contributed by atoms with Crippen molar-refractivity contribution < 1.29 is 23.8 Å². The van der Waals surface area contributed by atoms with Crippen molar-refractivity contribution in [3.8, 4) is 17.2 Å². The number of ketones is 1. The van der Waals surface area contributed by atoms with E-state index >= 15 is 0 Å². The molecule has 0 saturated heterocycles. The molecule has 2 aromatic carbocycles. The second-order valence-corrected chi connectivity index (χ2v) is 7.86. The van der Waals surface area contributed by atoms with Gasteiger partial charge < -0.3 is 14.2 Å². The van der Waals surface area contributed by atoms with Crippen molar-refractivity contribution in [2.45, 2.75) is 25.7 Å². The summed E-state index contributed by atoms with van der Waals surface area (Å²) in [7, 11) is 4.45. The molecule has 1 heterocycles. The van der Waals surface area contributed by atoms with Gasteiger partial charge in [-0.2, -0.15) is 0 Å². The van der Waals surface area contributed by atoms with Crippen LogP contribution in [0.15, 0.2) is 42.6 Å². The Bertz CT molecular complexity index is 1180. The van der Waals surface area contributed by atoms with Gasteiger partial charge in [-0.05, 0) is 37.0 Å². The first-order valence-corrected chi connectivity index (χ1v) is 10.5. The summed E-state index contributed by atoms with van der Waals surface area (Å²) in [5.41, 5.74) is 3.69. The Kier molecular flexibility index (Phi) is 6.26. The zero-order valence-electron chi connectivity index (χ0n) is 19.0. The maximum absolute atomic E-state index is 12.9. The van der Waals surface area contributed by atoms with E-state index in [-0.39, 0.29) is 17.6 Å². The van der Waals surface area contributed by atoms with E-state index in [1.165, 1.54) is 33.1 Å². The van der Waals surface area contributed by atoms with E-state index in [1.807, 2.05) is 31.2 Å². The van der Waals surface area contributed by atoms with E-state index in [0.29, 0.717) is 46.9 Å². The number of hydrogen-bond acceptors (Lipinski definition) is 7. The minimum absolute atomic E-state index is 0.00401. The Hall–Kier alpha value is -3.94. The second kappa shape index (κ2) is 9.28. The molecule has 170 valence electrons. The van der Waals surface area contributed by atoms with Crippen LogP contribution in [0.2, 0.25) is 0 Å². The monoisotopic (exact) mass is 447 g/mol. The number of amides is 1. The summed E-state index contributed by atoms with van der Waals surface area (Å²) < 4.78 is 15.9. The Balaban J connectivity index is 1.58. The molecule has 1 aliphatic carbocycles. The van der Waals surface area contributed by atoms with Gasteiger partial charge in [0.25, 0.3) is 5.91 Å². The molecule has 1 atom stereocenters. The van der Waals surface area contributed by atoms with Crippen LogP contribution in [0.3, 0.4) is 0 Å². The van der Waals surface area contributed by atoms with Crippen LogP contribution >= 0.6 is 0 Å². The van der Waals surface area contributed by atoms with E-state index in [9.17, 15) is 9.59 Å². The molecule has 8 heteroatoms. The number of ether oxygens (including phenoxy) is 3. The van der Waals surface area contributed by atoms with Gasteiger partial charge in [0.2, 0.25) is 11.7 Å². The molecule has 1 aliphatic rings. The van der Waals surface area contributed by atoms with Crippen LogP contribution < -0.4 is 19.5 Å². The van der Waals surface area contributed by atoms with Crippen LogP contribution in [0.1, 0.15) is 49.9 Å². The Morgan fingerprint density at radius 1 is 1.00 bits per heavy atom. The number of aryl methyl sites for hydroxylation is 1. The minimum atomic E-state index is -0.438. The maximum atomic E-state index is 12.9. The lowest BCUT2D eigenvalue weighted by Crippen LogP contribution is -2.22. The van der Waals surface area contributed by atoms with E-state index < -0.39 is 5.91 Å². The van der Waals surface area contributed by atoms with Gasteiger partial charge in [-0.15, -0.1) is 0 Å². The highest BCUT2D eigenvalue weighted by molar-refractivity contribution is 6.04. The molecule has 1 amide bonds. The second-order valence-electron chi connectivity index (χ2n) is 7.86. The maximum Gasteiger partial charge on any atom is 0.258 e. The number of nitrogens with zero attached hydrogens (tertiary/aromatic N) is 2. The lowest BCUT2D eigenvalue weighted by atomic mass is 9.82. The van der Waals surface area contributed by atoms with Crippen molar-refractivity contribution in [3.05, 3.63) is 70.5 Å². The number of methoxy groups -OCH3 is 3. The topological polar surface area (TPSA) is 99.6 Å². The third-order valence-electron chi connectivity index (χ3n) is 5.74. The average Bonchev–Trinajstić information content (AvgIpc) is 2.83. The van der Waals surface area contributed by atoms with E-state index in [2.05, 4.69) is 15.3 Å². The van der Waals surface area contributed by atoms with Crippen LogP contribution in [-0.4, -0.2) is 43.0 Å². The van der Waals surface area contributed by atoms with E-state index in [1.54, 1.807) is 12.1 Å². The SMILES string of the molecule is COc1cc(C(=O)Nc2ncc3c(n2)CC(c2ccc(C)cc2)CC3=O)cc(OC)c1OC. The third kappa shape index (κ3) is 4.50. The number of hydrogen-bond donors (Lipinski definition) is 1. The quantitative estimate of drug-likeness (QED) is 0.610. The zero-order valence-corrected chi connectivity index (χ0v) is 19.0. The average molecular weight is 447 g/mol. The van der Waals surface area contributed by atoms with Crippen molar-refractivity contribution >= 4 is 17.6 Å². The first-order valence-electron chi connectivity index (χ1n) is 10.5. The molecule has 4 rings (SSSR count). The van der Waals surface area contributed by atoms with Gasteiger partial charge in [0.05, 0.1) is 32.6 Å². The number of benzene rings is 2. The van der Waals surface area contributed by atoms with Crippen molar-refractivity contribution in [3.63, 3.8) is 0 Å². The number of Topliss-reactive ketones (excluding diaryl/α,β-unsaturated/α-hetero) is 1. The number of rotatable bonds is 6. The van der Waals surface area contributed by atoms with E-state index in [4.69, 9.17) is 14.2 Å². The summed E-state index contributed by atoms with van der Waals surface area (Å²) in [6, 6.07) is 11.3. The molecule has 0 aliphatic heterocycles. The number of fused-ring (bicyclic) bond motifs is 1. The lowest BCUT2D eigenvalue weighted by Gasteiger charge is -2.23. The molecule has 0 bridgehead atoms. The molecule has 33 heavy (non-hydrogen) atoms. The fourth-order valence-electron chi connectivity index (χ4n) is 3.97. The van der Waals surface area contributed by atoms with Crippen molar-refractivity contribution in [2.75, 3.05) is 26.6 Å². The summed E-state index contributed by atoms with van der Waals surface area (Å²) in [6.45, 7) is 2.03. The number of carbonyl (C=O) groups is 2. The van der Waals surface area contributed by atoms with Gasteiger partial charge in [0.1, 0.15) is 0 Å². The Morgan fingerprint density at radius 3 is 2.27 bits per heavy atom. The number of aromatic nitrogens is 2. The summed E-state index contributed by atoms with van der Waals surface area (Å²) >= 11 is 0. The number of anilines is 1.